The highest BCUT2D eigenvalue weighted by atomic mass is 35.5. The van der Waals surface area contributed by atoms with Crippen molar-refractivity contribution in [1.82, 2.24) is 0 Å². The predicted molar refractivity (Wildman–Crippen MR) is 95.6 cm³/mol. The van der Waals surface area contributed by atoms with E-state index >= 15 is 0 Å². The van der Waals surface area contributed by atoms with Gasteiger partial charge in [0, 0.05) is 5.02 Å². The number of rotatable bonds is 5. The van der Waals surface area contributed by atoms with Crippen molar-refractivity contribution in [2.75, 3.05) is 5.43 Å². The molecule has 1 N–H and O–H groups in total. The van der Waals surface area contributed by atoms with Gasteiger partial charge in [0.2, 0.25) is 0 Å². The van der Waals surface area contributed by atoms with Gasteiger partial charge in [0.05, 0.1) is 11.9 Å². The van der Waals surface area contributed by atoms with Gasteiger partial charge >= 0.3 is 0 Å². The number of anilines is 1. The smallest absolute Gasteiger partial charge is 0.127 e. The highest BCUT2D eigenvalue weighted by Crippen LogP contribution is 2.23. The summed E-state index contributed by atoms with van der Waals surface area (Å²) in [6.07, 6.45) is 1.68. The molecule has 3 aromatic rings. The molecule has 5 heteroatoms. The third-order valence-electron chi connectivity index (χ3n) is 3.18. The molecule has 24 heavy (non-hydrogen) atoms. The second kappa shape index (κ2) is 7.62. The largest absolute Gasteiger partial charge is 0.457 e. The van der Waals surface area contributed by atoms with E-state index in [9.17, 15) is 4.39 Å². The molecule has 3 rings (SSSR count). The Labute approximate surface area is 144 Å². The molecule has 0 atom stereocenters. The van der Waals surface area contributed by atoms with Crippen molar-refractivity contribution in [3.8, 4) is 11.5 Å². The fourth-order valence-corrected chi connectivity index (χ4v) is 2.09. The lowest BCUT2D eigenvalue weighted by atomic mass is 10.2. The molecule has 0 radical (unpaired) electrons. The van der Waals surface area contributed by atoms with Crippen LogP contribution in [-0.4, -0.2) is 6.21 Å². The van der Waals surface area contributed by atoms with Crippen molar-refractivity contribution in [1.29, 1.82) is 0 Å². The van der Waals surface area contributed by atoms with Gasteiger partial charge in [-0.3, -0.25) is 5.43 Å². The minimum Gasteiger partial charge on any atom is -0.457 e. The van der Waals surface area contributed by atoms with E-state index in [1.54, 1.807) is 30.5 Å². The van der Waals surface area contributed by atoms with Crippen LogP contribution in [0.1, 0.15) is 5.56 Å². The Bertz CT molecular complexity index is 815. The van der Waals surface area contributed by atoms with E-state index in [-0.39, 0.29) is 5.82 Å². The molecular formula is C19H14ClFN2O. The lowest BCUT2D eigenvalue weighted by molar-refractivity contribution is 0.482. The van der Waals surface area contributed by atoms with Crippen molar-refractivity contribution in [3.05, 3.63) is 89.2 Å². The standard InChI is InChI=1S/C19H14ClFN2O/c20-15-3-11-19(12-4-15)24-18-9-1-14(2-10-18)13-22-23-17-7-5-16(21)6-8-17/h1-13,23H. The lowest BCUT2D eigenvalue weighted by Gasteiger charge is -2.05. The quantitative estimate of drug-likeness (QED) is 0.476. The van der Waals surface area contributed by atoms with Crippen LogP contribution >= 0.6 is 11.6 Å². The summed E-state index contributed by atoms with van der Waals surface area (Å²) in [6, 6.07) is 20.7. The van der Waals surface area contributed by atoms with E-state index in [1.807, 2.05) is 36.4 Å². The number of hydrogen-bond acceptors (Lipinski definition) is 3. The molecule has 0 aromatic heterocycles. The third kappa shape index (κ3) is 4.57. The van der Waals surface area contributed by atoms with Crippen LogP contribution in [0, 0.1) is 5.82 Å². The van der Waals surface area contributed by atoms with Crippen LogP contribution in [-0.2, 0) is 0 Å². The normalized spacial score (nSPS) is 10.8. The third-order valence-corrected chi connectivity index (χ3v) is 3.43. The highest BCUT2D eigenvalue weighted by molar-refractivity contribution is 6.30. The Morgan fingerprint density at radius 2 is 1.42 bits per heavy atom. The maximum Gasteiger partial charge on any atom is 0.127 e. The fourth-order valence-electron chi connectivity index (χ4n) is 1.97. The second-order valence-electron chi connectivity index (χ2n) is 5.00. The number of hydrogen-bond donors (Lipinski definition) is 1. The van der Waals surface area contributed by atoms with Gasteiger partial charge in [-0.25, -0.2) is 4.39 Å². The number of nitrogens with one attached hydrogen (secondary N) is 1. The zero-order chi connectivity index (χ0) is 16.8. The van der Waals surface area contributed by atoms with Gasteiger partial charge in [-0.1, -0.05) is 11.6 Å². The zero-order valence-electron chi connectivity index (χ0n) is 12.6. The lowest BCUT2D eigenvalue weighted by Crippen LogP contribution is -1.91. The molecule has 120 valence electrons. The van der Waals surface area contributed by atoms with E-state index in [0.29, 0.717) is 5.02 Å². The van der Waals surface area contributed by atoms with E-state index in [2.05, 4.69) is 10.5 Å². The van der Waals surface area contributed by atoms with Crippen molar-refractivity contribution < 1.29 is 9.13 Å². The van der Waals surface area contributed by atoms with Crippen LogP contribution in [0.25, 0.3) is 0 Å². The van der Waals surface area contributed by atoms with E-state index in [4.69, 9.17) is 16.3 Å². The monoisotopic (exact) mass is 340 g/mol. The van der Waals surface area contributed by atoms with Gasteiger partial charge in [0.1, 0.15) is 17.3 Å². The maximum atomic E-state index is 12.8. The first kappa shape index (κ1) is 16.0. The van der Waals surface area contributed by atoms with Crippen LogP contribution in [0.2, 0.25) is 5.02 Å². The number of benzene rings is 3. The zero-order valence-corrected chi connectivity index (χ0v) is 13.4. The van der Waals surface area contributed by atoms with Crippen molar-refractivity contribution >= 4 is 23.5 Å². The van der Waals surface area contributed by atoms with Gasteiger partial charge in [-0.05, 0) is 78.4 Å². The molecular weight excluding hydrogens is 327 g/mol. The summed E-state index contributed by atoms with van der Waals surface area (Å²) in [5, 5.41) is 4.78. The molecule has 0 unspecified atom stereocenters. The summed E-state index contributed by atoms with van der Waals surface area (Å²) in [5.74, 6) is 1.17. The Kier molecular flexibility index (Phi) is 5.08. The van der Waals surface area contributed by atoms with Crippen LogP contribution in [0.3, 0.4) is 0 Å². The Morgan fingerprint density at radius 3 is 2.04 bits per heavy atom. The van der Waals surface area contributed by atoms with Gasteiger partial charge < -0.3 is 4.74 Å². The molecule has 0 fully saturated rings. The van der Waals surface area contributed by atoms with Crippen LogP contribution in [0.15, 0.2) is 77.9 Å². The van der Waals surface area contributed by atoms with Crippen LogP contribution in [0.5, 0.6) is 11.5 Å². The molecule has 0 amide bonds. The average molecular weight is 341 g/mol. The molecule has 3 aromatic carbocycles. The van der Waals surface area contributed by atoms with Crippen molar-refractivity contribution in [2.24, 2.45) is 5.10 Å². The molecule has 0 spiro atoms. The Balaban J connectivity index is 1.58. The molecule has 3 nitrogen and oxygen atoms in total. The van der Waals surface area contributed by atoms with Gasteiger partial charge in [-0.2, -0.15) is 5.10 Å². The van der Waals surface area contributed by atoms with E-state index in [1.165, 1.54) is 12.1 Å². The molecule has 0 aliphatic rings. The van der Waals surface area contributed by atoms with E-state index in [0.717, 1.165) is 22.7 Å². The summed E-state index contributed by atoms with van der Waals surface area (Å²) in [5.41, 5.74) is 4.47. The predicted octanol–water partition coefficient (Wildman–Crippen LogP) is 5.72. The van der Waals surface area contributed by atoms with E-state index < -0.39 is 0 Å². The first-order valence-electron chi connectivity index (χ1n) is 7.27. The molecule has 0 aliphatic carbocycles. The number of nitrogens with zero attached hydrogens (tertiary/aromatic N) is 1. The van der Waals surface area contributed by atoms with Crippen LogP contribution < -0.4 is 10.2 Å². The Hall–Kier alpha value is -2.85. The first-order chi connectivity index (χ1) is 11.7. The van der Waals surface area contributed by atoms with Crippen LogP contribution in [0.4, 0.5) is 10.1 Å². The summed E-state index contributed by atoms with van der Waals surface area (Å²) in [7, 11) is 0. The van der Waals surface area contributed by atoms with Gasteiger partial charge in [0.25, 0.3) is 0 Å². The van der Waals surface area contributed by atoms with Crippen molar-refractivity contribution in [2.45, 2.75) is 0 Å². The number of hydrazone groups is 1. The summed E-state index contributed by atoms with van der Waals surface area (Å²) < 4.78 is 18.5. The molecule has 0 saturated carbocycles. The topological polar surface area (TPSA) is 33.6 Å². The number of ether oxygens (including phenoxy) is 1. The minimum absolute atomic E-state index is 0.277. The molecule has 0 aliphatic heterocycles. The fraction of sp³-hybridized carbons (Fsp3) is 0. The summed E-state index contributed by atoms with van der Waals surface area (Å²) >= 11 is 5.84. The summed E-state index contributed by atoms with van der Waals surface area (Å²) in [4.78, 5) is 0. The summed E-state index contributed by atoms with van der Waals surface area (Å²) in [6.45, 7) is 0. The van der Waals surface area contributed by atoms with Crippen molar-refractivity contribution in [3.63, 3.8) is 0 Å². The molecule has 0 heterocycles. The maximum absolute atomic E-state index is 12.8. The molecule has 0 saturated heterocycles. The second-order valence-corrected chi connectivity index (χ2v) is 5.44. The first-order valence-corrected chi connectivity index (χ1v) is 7.65. The SMILES string of the molecule is Fc1ccc(NN=Cc2ccc(Oc3ccc(Cl)cc3)cc2)cc1. The van der Waals surface area contributed by atoms with Gasteiger partial charge in [0.15, 0.2) is 0 Å². The Morgan fingerprint density at radius 1 is 0.833 bits per heavy atom. The highest BCUT2D eigenvalue weighted by Gasteiger charge is 1.97. The minimum atomic E-state index is -0.277. The average Bonchev–Trinajstić information content (AvgIpc) is 2.60. The van der Waals surface area contributed by atoms with Gasteiger partial charge in [-0.15, -0.1) is 0 Å². The number of halogens is 2. The molecule has 0 bridgehead atoms.